The van der Waals surface area contributed by atoms with Crippen molar-refractivity contribution in [2.45, 2.75) is 46.5 Å². The first-order valence-corrected chi connectivity index (χ1v) is 6.58. The van der Waals surface area contributed by atoms with Crippen LogP contribution in [0.15, 0.2) is 29.8 Å². The predicted molar refractivity (Wildman–Crippen MR) is 75.7 cm³/mol. The first-order chi connectivity index (χ1) is 8.02. The molecule has 1 heteroatoms. The zero-order valence-corrected chi connectivity index (χ0v) is 11.2. The van der Waals surface area contributed by atoms with E-state index in [0.717, 1.165) is 5.69 Å². The lowest BCUT2D eigenvalue weighted by molar-refractivity contribution is 0.321. The summed E-state index contributed by atoms with van der Waals surface area (Å²) in [5, 5.41) is 0. The summed E-state index contributed by atoms with van der Waals surface area (Å²) in [6.07, 6.45) is 4.91. The highest BCUT2D eigenvalue weighted by atomic mass is 14.5. The van der Waals surface area contributed by atoms with Crippen LogP contribution < -0.4 is 5.73 Å². The normalized spacial score (nSPS) is 19.5. The molecule has 2 N–H and O–H groups in total. The van der Waals surface area contributed by atoms with Crippen LogP contribution >= 0.6 is 0 Å². The molecule has 0 atom stereocenters. The topological polar surface area (TPSA) is 26.0 Å². The molecular formula is C16H23N. The van der Waals surface area contributed by atoms with Gasteiger partial charge in [-0.25, -0.2) is 0 Å². The highest BCUT2D eigenvalue weighted by Gasteiger charge is 2.26. The molecule has 17 heavy (non-hydrogen) atoms. The van der Waals surface area contributed by atoms with Gasteiger partial charge >= 0.3 is 0 Å². The average molecular weight is 229 g/mol. The van der Waals surface area contributed by atoms with Crippen molar-refractivity contribution in [2.24, 2.45) is 5.41 Å². The highest BCUT2D eigenvalue weighted by Crippen LogP contribution is 2.43. The van der Waals surface area contributed by atoms with E-state index in [4.69, 9.17) is 5.73 Å². The SMILES string of the molecule is CCC1=C(c2ccc(N)cc2)CCC(C)(C)C1. The zero-order chi connectivity index (χ0) is 12.5. The van der Waals surface area contributed by atoms with Gasteiger partial charge in [-0.3, -0.25) is 0 Å². The minimum absolute atomic E-state index is 0.475. The van der Waals surface area contributed by atoms with Crippen molar-refractivity contribution in [3.63, 3.8) is 0 Å². The minimum atomic E-state index is 0.475. The van der Waals surface area contributed by atoms with E-state index in [1.54, 1.807) is 11.1 Å². The lowest BCUT2D eigenvalue weighted by Crippen LogP contribution is -2.17. The lowest BCUT2D eigenvalue weighted by Gasteiger charge is -2.33. The third-order valence-corrected chi connectivity index (χ3v) is 3.86. The summed E-state index contributed by atoms with van der Waals surface area (Å²) in [5.74, 6) is 0. The fourth-order valence-corrected chi connectivity index (χ4v) is 2.78. The number of nitrogens with two attached hydrogens (primary N) is 1. The molecule has 0 heterocycles. The van der Waals surface area contributed by atoms with Crippen molar-refractivity contribution in [3.8, 4) is 0 Å². The summed E-state index contributed by atoms with van der Waals surface area (Å²) < 4.78 is 0. The van der Waals surface area contributed by atoms with Crippen molar-refractivity contribution >= 4 is 11.3 Å². The van der Waals surface area contributed by atoms with E-state index < -0.39 is 0 Å². The first kappa shape index (κ1) is 12.2. The molecule has 0 radical (unpaired) electrons. The summed E-state index contributed by atoms with van der Waals surface area (Å²) in [4.78, 5) is 0. The molecule has 0 aromatic heterocycles. The molecule has 1 nitrogen and oxygen atoms in total. The number of allylic oxidation sites excluding steroid dienone is 2. The fraction of sp³-hybridized carbons (Fsp3) is 0.500. The van der Waals surface area contributed by atoms with Crippen LogP contribution in [0.3, 0.4) is 0 Å². The van der Waals surface area contributed by atoms with E-state index >= 15 is 0 Å². The van der Waals surface area contributed by atoms with Crippen LogP contribution in [0, 0.1) is 5.41 Å². The van der Waals surface area contributed by atoms with Crippen LogP contribution in [-0.4, -0.2) is 0 Å². The number of benzene rings is 1. The molecule has 0 amide bonds. The molecule has 1 aliphatic rings. The van der Waals surface area contributed by atoms with Crippen LogP contribution in [-0.2, 0) is 0 Å². The molecule has 1 aromatic rings. The molecule has 0 saturated carbocycles. The largest absolute Gasteiger partial charge is 0.399 e. The maximum absolute atomic E-state index is 5.75. The molecule has 0 aliphatic heterocycles. The Kier molecular flexibility index (Phi) is 3.28. The first-order valence-electron chi connectivity index (χ1n) is 6.58. The second-order valence-electron chi connectivity index (χ2n) is 5.90. The Balaban J connectivity index is 2.36. The smallest absolute Gasteiger partial charge is 0.0314 e. The van der Waals surface area contributed by atoms with E-state index in [0.29, 0.717) is 5.41 Å². The maximum atomic E-state index is 5.75. The molecule has 0 fully saturated rings. The van der Waals surface area contributed by atoms with Crippen LogP contribution in [0.5, 0.6) is 0 Å². The molecule has 0 saturated heterocycles. The number of rotatable bonds is 2. The Hall–Kier alpha value is -1.24. The van der Waals surface area contributed by atoms with Gasteiger partial charge in [0.2, 0.25) is 0 Å². The van der Waals surface area contributed by atoms with Crippen LogP contribution in [0.2, 0.25) is 0 Å². The summed E-state index contributed by atoms with van der Waals surface area (Å²) in [6, 6.07) is 8.35. The van der Waals surface area contributed by atoms with Gasteiger partial charge in [-0.2, -0.15) is 0 Å². The molecule has 2 rings (SSSR count). The van der Waals surface area contributed by atoms with Gasteiger partial charge in [0.15, 0.2) is 0 Å². The van der Waals surface area contributed by atoms with Crippen molar-refractivity contribution in [1.82, 2.24) is 0 Å². The highest BCUT2D eigenvalue weighted by molar-refractivity contribution is 5.70. The molecule has 1 aromatic carbocycles. The lowest BCUT2D eigenvalue weighted by atomic mass is 9.72. The zero-order valence-electron chi connectivity index (χ0n) is 11.2. The number of hydrogen-bond donors (Lipinski definition) is 1. The second-order valence-corrected chi connectivity index (χ2v) is 5.90. The standard InChI is InChI=1S/C16H23N/c1-4-12-11-16(2,3)10-9-15(12)13-5-7-14(17)8-6-13/h5-8H,4,9-11,17H2,1-3H3. The van der Waals surface area contributed by atoms with E-state index in [2.05, 4.69) is 32.9 Å². The molecule has 0 spiro atoms. The average Bonchev–Trinajstić information content (AvgIpc) is 2.29. The quantitative estimate of drug-likeness (QED) is 0.734. The Morgan fingerprint density at radius 2 is 1.82 bits per heavy atom. The van der Waals surface area contributed by atoms with E-state index in [-0.39, 0.29) is 0 Å². The Bertz CT molecular complexity index is 423. The Morgan fingerprint density at radius 1 is 1.18 bits per heavy atom. The monoisotopic (exact) mass is 229 g/mol. The minimum Gasteiger partial charge on any atom is -0.399 e. The summed E-state index contributed by atoms with van der Waals surface area (Å²) in [6.45, 7) is 7.03. The van der Waals surface area contributed by atoms with Crippen LogP contribution in [0.1, 0.15) is 52.0 Å². The van der Waals surface area contributed by atoms with Crippen LogP contribution in [0.25, 0.3) is 5.57 Å². The number of hydrogen-bond acceptors (Lipinski definition) is 1. The van der Waals surface area contributed by atoms with Gasteiger partial charge in [-0.1, -0.05) is 38.5 Å². The van der Waals surface area contributed by atoms with Gasteiger partial charge in [0.25, 0.3) is 0 Å². The Morgan fingerprint density at radius 3 is 2.41 bits per heavy atom. The third kappa shape index (κ3) is 2.71. The summed E-state index contributed by atoms with van der Waals surface area (Å²) in [7, 11) is 0. The van der Waals surface area contributed by atoms with Crippen molar-refractivity contribution in [1.29, 1.82) is 0 Å². The number of anilines is 1. The molecule has 92 valence electrons. The van der Waals surface area contributed by atoms with E-state index in [9.17, 15) is 0 Å². The van der Waals surface area contributed by atoms with Crippen molar-refractivity contribution in [2.75, 3.05) is 5.73 Å². The molecular weight excluding hydrogens is 206 g/mol. The molecule has 0 unspecified atom stereocenters. The van der Waals surface area contributed by atoms with Gasteiger partial charge in [0.1, 0.15) is 0 Å². The van der Waals surface area contributed by atoms with E-state index in [1.807, 2.05) is 12.1 Å². The van der Waals surface area contributed by atoms with Gasteiger partial charge in [0, 0.05) is 5.69 Å². The van der Waals surface area contributed by atoms with Gasteiger partial charge in [-0.05, 0) is 54.4 Å². The number of nitrogen functional groups attached to an aromatic ring is 1. The molecule has 0 bridgehead atoms. The fourth-order valence-electron chi connectivity index (χ4n) is 2.78. The van der Waals surface area contributed by atoms with Gasteiger partial charge in [-0.15, -0.1) is 0 Å². The van der Waals surface area contributed by atoms with Crippen LogP contribution in [0.4, 0.5) is 5.69 Å². The summed E-state index contributed by atoms with van der Waals surface area (Å²) >= 11 is 0. The van der Waals surface area contributed by atoms with Crippen molar-refractivity contribution in [3.05, 3.63) is 35.4 Å². The van der Waals surface area contributed by atoms with E-state index in [1.165, 1.54) is 31.2 Å². The third-order valence-electron chi connectivity index (χ3n) is 3.86. The molecule has 1 aliphatic carbocycles. The maximum Gasteiger partial charge on any atom is 0.0314 e. The van der Waals surface area contributed by atoms with Gasteiger partial charge < -0.3 is 5.73 Å². The predicted octanol–water partition coefficient (Wildman–Crippen LogP) is 4.64. The summed E-state index contributed by atoms with van der Waals surface area (Å²) in [5.41, 5.74) is 11.6. The van der Waals surface area contributed by atoms with Crippen molar-refractivity contribution < 1.29 is 0 Å². The van der Waals surface area contributed by atoms with Gasteiger partial charge in [0.05, 0.1) is 0 Å². The second kappa shape index (κ2) is 4.56. The Labute approximate surface area is 105 Å².